The molecule has 4 aromatic rings. The number of fused-ring (bicyclic) bond motifs is 5. The van der Waals surface area contributed by atoms with Gasteiger partial charge in [0.15, 0.2) is 5.60 Å². The molecule has 1 N–H and O–H groups in total. The number of halogens is 2. The molecule has 5 heterocycles. The summed E-state index contributed by atoms with van der Waals surface area (Å²) in [7, 11) is -4.09. The van der Waals surface area contributed by atoms with Gasteiger partial charge in [-0.15, -0.1) is 0 Å². The van der Waals surface area contributed by atoms with Crippen molar-refractivity contribution in [2.75, 3.05) is 26.2 Å². The molecule has 13 heteroatoms. The lowest BCUT2D eigenvalue weighted by atomic mass is 9.86. The molecule has 1 atom stereocenters. The normalized spacial score (nSPS) is 20.3. The third-order valence-corrected chi connectivity index (χ3v) is 10.8. The highest BCUT2D eigenvalue weighted by Crippen LogP contribution is 2.40. The number of pyridine rings is 2. The lowest BCUT2D eigenvalue weighted by Gasteiger charge is -2.34. The highest BCUT2D eigenvalue weighted by atomic mass is 32.2. The fourth-order valence-corrected chi connectivity index (χ4v) is 7.94. The zero-order valence-corrected chi connectivity index (χ0v) is 24.5. The lowest BCUT2D eigenvalue weighted by Crippen LogP contribution is -2.48. The molecule has 0 radical (unpaired) electrons. The van der Waals surface area contributed by atoms with E-state index in [1.54, 1.807) is 17.6 Å². The Morgan fingerprint density at radius 2 is 1.70 bits per heavy atom. The fraction of sp³-hybridized carbons (Fsp3) is 0.323. The van der Waals surface area contributed by atoms with Gasteiger partial charge in [-0.25, -0.2) is 27.0 Å². The molecule has 10 nitrogen and oxygen atoms in total. The Balaban J connectivity index is 1.23. The summed E-state index contributed by atoms with van der Waals surface area (Å²) in [5.74, 6) is -2.70. The van der Waals surface area contributed by atoms with Crippen LogP contribution in [0.3, 0.4) is 0 Å². The van der Waals surface area contributed by atoms with Crippen molar-refractivity contribution in [1.82, 2.24) is 18.8 Å². The number of benzene rings is 2. The van der Waals surface area contributed by atoms with Crippen LogP contribution in [0, 0.1) is 11.6 Å². The van der Waals surface area contributed by atoms with E-state index in [1.807, 2.05) is 24.3 Å². The first-order chi connectivity index (χ1) is 21.0. The second-order valence-corrected chi connectivity index (χ2v) is 13.3. The van der Waals surface area contributed by atoms with E-state index in [4.69, 9.17) is 9.72 Å². The van der Waals surface area contributed by atoms with Crippen molar-refractivity contribution < 1.29 is 31.8 Å². The molecular formula is C31H28F2N4O6S. The topological polar surface area (TPSA) is 122 Å². The van der Waals surface area contributed by atoms with Gasteiger partial charge in [0.2, 0.25) is 10.0 Å². The molecule has 0 aliphatic carbocycles. The van der Waals surface area contributed by atoms with Crippen LogP contribution >= 0.6 is 0 Å². The average molecular weight is 623 g/mol. The van der Waals surface area contributed by atoms with Crippen LogP contribution in [-0.2, 0) is 44.9 Å². The molecule has 3 aliphatic rings. The Hall–Kier alpha value is -4.04. The zero-order chi connectivity index (χ0) is 31.0. The van der Waals surface area contributed by atoms with Crippen molar-refractivity contribution in [2.24, 2.45) is 0 Å². The summed E-state index contributed by atoms with van der Waals surface area (Å²) < 4.78 is 61.8. The minimum Gasteiger partial charge on any atom is -0.458 e. The Morgan fingerprint density at radius 3 is 2.41 bits per heavy atom. The Kier molecular flexibility index (Phi) is 6.70. The molecule has 2 aromatic heterocycles. The maximum Gasteiger partial charge on any atom is 0.343 e. The third kappa shape index (κ3) is 4.37. The Bertz CT molecular complexity index is 2020. The standard InChI is InChI=1S/C31H28F2N4O6S/c1-2-31(40)25-14-27-28-23(16-37(27)29(38)24(25)17-43-30(31)39)22(21-5-3-4-6-26(21)34-28)15-35-7-9-36(10-8-35)44(41,42)20-12-18(32)11-19(33)13-20/h3-6,11-14,40H,2,7-10,15-17H2,1H3/t31-/m0/s1. The van der Waals surface area contributed by atoms with Gasteiger partial charge in [-0.3, -0.25) is 9.69 Å². The van der Waals surface area contributed by atoms with Crippen LogP contribution < -0.4 is 5.56 Å². The lowest BCUT2D eigenvalue weighted by molar-refractivity contribution is -0.172. The third-order valence-electron chi connectivity index (χ3n) is 8.90. The molecule has 2 aromatic carbocycles. The van der Waals surface area contributed by atoms with Gasteiger partial charge in [-0.1, -0.05) is 25.1 Å². The van der Waals surface area contributed by atoms with Crippen LogP contribution in [0.2, 0.25) is 0 Å². The molecule has 7 rings (SSSR count). The van der Waals surface area contributed by atoms with Crippen molar-refractivity contribution in [3.05, 3.63) is 92.8 Å². The number of carbonyl (C=O) groups excluding carboxylic acids is 1. The predicted molar refractivity (Wildman–Crippen MR) is 155 cm³/mol. The number of nitrogens with zero attached hydrogens (tertiary/aromatic N) is 4. The van der Waals surface area contributed by atoms with Crippen molar-refractivity contribution in [1.29, 1.82) is 0 Å². The van der Waals surface area contributed by atoms with Gasteiger partial charge in [0.05, 0.1) is 33.9 Å². The van der Waals surface area contributed by atoms with Gasteiger partial charge in [-0.2, -0.15) is 4.31 Å². The number of para-hydroxylation sites is 1. The summed E-state index contributed by atoms with van der Waals surface area (Å²) in [4.78, 5) is 32.8. The van der Waals surface area contributed by atoms with Gasteiger partial charge in [0, 0.05) is 55.3 Å². The number of hydrogen-bond acceptors (Lipinski definition) is 8. The van der Waals surface area contributed by atoms with E-state index in [-0.39, 0.29) is 49.3 Å². The first-order valence-electron chi connectivity index (χ1n) is 14.3. The Labute approximate surface area is 251 Å². The first-order valence-corrected chi connectivity index (χ1v) is 15.7. The number of ether oxygens (including phenoxy) is 1. The molecule has 0 saturated carbocycles. The van der Waals surface area contributed by atoms with Gasteiger partial charge in [0.1, 0.15) is 18.2 Å². The number of rotatable bonds is 5. The second kappa shape index (κ2) is 10.3. The molecule has 3 aliphatic heterocycles. The summed E-state index contributed by atoms with van der Waals surface area (Å²) in [6.07, 6.45) is 0.0425. The quantitative estimate of drug-likeness (QED) is 0.297. The molecule has 1 fully saturated rings. The summed E-state index contributed by atoms with van der Waals surface area (Å²) in [6, 6.07) is 11.5. The number of piperazine rings is 1. The van der Waals surface area contributed by atoms with Crippen LogP contribution in [0.4, 0.5) is 8.78 Å². The van der Waals surface area contributed by atoms with E-state index in [2.05, 4.69) is 4.90 Å². The number of aliphatic hydroxyl groups is 1. The zero-order valence-electron chi connectivity index (χ0n) is 23.7. The number of sulfonamides is 1. The van der Waals surface area contributed by atoms with Crippen molar-refractivity contribution >= 4 is 26.9 Å². The van der Waals surface area contributed by atoms with Gasteiger partial charge in [0.25, 0.3) is 5.56 Å². The SMILES string of the molecule is CC[C@@]1(O)C(=O)OCc2c1cc1n(c2=O)Cc2c-1nc1ccccc1c2CN1CCN(S(=O)(=O)c2cc(F)cc(F)c2)CC1. The molecule has 44 heavy (non-hydrogen) atoms. The van der Waals surface area contributed by atoms with E-state index < -0.39 is 38.1 Å². The number of esters is 1. The Morgan fingerprint density at radius 1 is 1.00 bits per heavy atom. The van der Waals surface area contributed by atoms with Crippen LogP contribution in [-0.4, -0.2) is 64.4 Å². The smallest absolute Gasteiger partial charge is 0.343 e. The number of cyclic esters (lactones) is 1. The second-order valence-electron chi connectivity index (χ2n) is 11.3. The van der Waals surface area contributed by atoms with E-state index >= 15 is 0 Å². The van der Waals surface area contributed by atoms with E-state index in [9.17, 15) is 31.9 Å². The highest BCUT2D eigenvalue weighted by molar-refractivity contribution is 7.89. The summed E-state index contributed by atoms with van der Waals surface area (Å²) in [6.45, 7) is 3.10. The minimum absolute atomic E-state index is 0.0425. The van der Waals surface area contributed by atoms with Crippen LogP contribution in [0.1, 0.15) is 35.6 Å². The van der Waals surface area contributed by atoms with Gasteiger partial charge < -0.3 is 14.4 Å². The van der Waals surface area contributed by atoms with Crippen molar-refractivity contribution in [3.63, 3.8) is 0 Å². The molecular weight excluding hydrogens is 594 g/mol. The largest absolute Gasteiger partial charge is 0.458 e. The summed E-state index contributed by atoms with van der Waals surface area (Å²) in [5.41, 5.74) is 1.79. The monoisotopic (exact) mass is 622 g/mol. The summed E-state index contributed by atoms with van der Waals surface area (Å²) >= 11 is 0. The average Bonchev–Trinajstić information content (AvgIpc) is 3.38. The number of carbonyl (C=O) groups is 1. The van der Waals surface area contributed by atoms with Crippen molar-refractivity contribution in [3.8, 4) is 11.4 Å². The number of hydrogen-bond donors (Lipinski definition) is 1. The molecule has 0 spiro atoms. The first kappa shape index (κ1) is 28.7. The van der Waals surface area contributed by atoms with E-state index in [1.165, 1.54) is 4.31 Å². The number of aromatic nitrogens is 2. The van der Waals surface area contributed by atoms with Crippen LogP contribution in [0.15, 0.2) is 58.2 Å². The minimum atomic E-state index is -4.09. The maximum atomic E-state index is 13.8. The molecule has 1 saturated heterocycles. The predicted octanol–water partition coefficient (Wildman–Crippen LogP) is 2.86. The molecule has 0 unspecified atom stereocenters. The van der Waals surface area contributed by atoms with Gasteiger partial charge >= 0.3 is 5.97 Å². The van der Waals surface area contributed by atoms with E-state index in [0.717, 1.165) is 28.6 Å². The highest BCUT2D eigenvalue weighted by Gasteiger charge is 2.45. The van der Waals surface area contributed by atoms with Crippen molar-refractivity contribution in [2.45, 2.75) is 43.5 Å². The molecule has 228 valence electrons. The van der Waals surface area contributed by atoms with Crippen LogP contribution in [0.25, 0.3) is 22.3 Å². The van der Waals surface area contributed by atoms with Crippen LogP contribution in [0.5, 0.6) is 0 Å². The molecule has 0 bridgehead atoms. The fourth-order valence-electron chi connectivity index (χ4n) is 6.47. The molecule has 0 amide bonds. The maximum absolute atomic E-state index is 13.8. The summed E-state index contributed by atoms with van der Waals surface area (Å²) in [5, 5.41) is 12.1. The van der Waals surface area contributed by atoms with Gasteiger partial charge in [-0.05, 0) is 36.2 Å². The van der Waals surface area contributed by atoms with E-state index in [0.29, 0.717) is 42.6 Å².